The van der Waals surface area contributed by atoms with E-state index >= 15 is 0 Å². The Morgan fingerprint density at radius 2 is 1.89 bits per heavy atom. The van der Waals surface area contributed by atoms with Crippen LogP contribution in [0.3, 0.4) is 0 Å². The molecule has 5 rings (SSSR count). The standard InChI is InChI=1S/C32H39F3N6O4/c1-19-8-6-9-25-28(19)39(10-7-11-45-24-17-40(18-24)31(44)20(2)15-38(4)5)16-22-13-27(42)41(29(22)30(43)37-25)26-14-23(32(33,34)35)12-21(3)36-26/h6,8-9,12,14,22,24,29H,2,7,10-11,13,15-18H2,1,3-5H3,(H,37,43)/t22-,29+/m1/s1. The number of carbonyl (C=O) groups is 3. The van der Waals surface area contributed by atoms with Crippen LogP contribution in [0.4, 0.5) is 30.4 Å². The van der Waals surface area contributed by atoms with Gasteiger partial charge < -0.3 is 24.8 Å². The largest absolute Gasteiger partial charge is 0.416 e. The monoisotopic (exact) mass is 628 g/mol. The topological polar surface area (TPSA) is 98.3 Å². The Balaban J connectivity index is 1.28. The van der Waals surface area contributed by atoms with E-state index < -0.39 is 35.5 Å². The summed E-state index contributed by atoms with van der Waals surface area (Å²) in [6, 6.07) is 6.27. The molecular weight excluding hydrogens is 589 g/mol. The number of nitrogens with one attached hydrogen (secondary N) is 1. The number of benzene rings is 1. The summed E-state index contributed by atoms with van der Waals surface area (Å²) in [6.07, 6.45) is -4.05. The van der Waals surface area contributed by atoms with Gasteiger partial charge in [0, 0.05) is 62.9 Å². The third-order valence-electron chi connectivity index (χ3n) is 8.35. The Morgan fingerprint density at radius 3 is 2.58 bits per heavy atom. The lowest BCUT2D eigenvalue weighted by atomic mass is 9.95. The second-order valence-electron chi connectivity index (χ2n) is 12.3. The normalized spacial score (nSPS) is 20.4. The Bertz CT molecular complexity index is 1490. The molecule has 4 heterocycles. The molecule has 2 aromatic rings. The second kappa shape index (κ2) is 12.8. The van der Waals surface area contributed by atoms with Gasteiger partial charge in [-0.25, -0.2) is 4.98 Å². The molecule has 3 aliphatic rings. The van der Waals surface area contributed by atoms with Crippen LogP contribution in [-0.2, 0) is 25.3 Å². The van der Waals surface area contributed by atoms with Crippen LogP contribution in [0.25, 0.3) is 0 Å². The zero-order valence-electron chi connectivity index (χ0n) is 26.0. The number of carbonyl (C=O) groups excluding carboxylic acids is 3. The van der Waals surface area contributed by atoms with Crippen molar-refractivity contribution in [2.75, 3.05) is 68.5 Å². The molecule has 2 fully saturated rings. The molecule has 0 aliphatic carbocycles. The summed E-state index contributed by atoms with van der Waals surface area (Å²) in [7, 11) is 3.77. The van der Waals surface area contributed by atoms with E-state index in [0.29, 0.717) is 57.0 Å². The van der Waals surface area contributed by atoms with E-state index in [0.717, 1.165) is 28.3 Å². The highest BCUT2D eigenvalue weighted by atomic mass is 19.4. The summed E-state index contributed by atoms with van der Waals surface area (Å²) < 4.78 is 46.9. The predicted molar refractivity (Wildman–Crippen MR) is 164 cm³/mol. The van der Waals surface area contributed by atoms with E-state index in [1.165, 1.54) is 6.92 Å². The molecule has 2 saturated heterocycles. The average molecular weight is 629 g/mol. The number of halogens is 3. The molecule has 13 heteroatoms. The molecular formula is C32H39F3N6O4. The Kier molecular flexibility index (Phi) is 9.22. The third kappa shape index (κ3) is 6.99. The van der Waals surface area contributed by atoms with Crippen LogP contribution in [0, 0.1) is 19.8 Å². The van der Waals surface area contributed by atoms with Gasteiger partial charge in [-0.05, 0) is 58.1 Å². The number of hydrogen-bond donors (Lipinski definition) is 1. The first-order valence-electron chi connectivity index (χ1n) is 15.0. The smallest absolute Gasteiger partial charge is 0.374 e. The number of fused-ring (bicyclic) bond motifs is 2. The number of alkyl halides is 3. The zero-order chi connectivity index (χ0) is 32.6. The number of aromatic nitrogens is 1. The number of rotatable bonds is 9. The summed E-state index contributed by atoms with van der Waals surface area (Å²) in [5.74, 6) is -1.64. The molecule has 1 N–H and O–H groups in total. The van der Waals surface area contributed by atoms with E-state index in [2.05, 4.69) is 21.8 Å². The second-order valence-corrected chi connectivity index (χ2v) is 12.3. The number of para-hydroxylation sites is 1. The molecule has 0 radical (unpaired) electrons. The molecule has 45 heavy (non-hydrogen) atoms. The minimum absolute atomic E-state index is 0.00563. The van der Waals surface area contributed by atoms with Gasteiger partial charge in [0.2, 0.25) is 11.8 Å². The van der Waals surface area contributed by atoms with Crippen LogP contribution < -0.4 is 15.1 Å². The maximum absolute atomic E-state index is 13.6. The third-order valence-corrected chi connectivity index (χ3v) is 8.35. The first-order chi connectivity index (χ1) is 21.2. The van der Waals surface area contributed by atoms with Crippen molar-refractivity contribution in [1.82, 2.24) is 14.8 Å². The Labute approximate surface area is 260 Å². The van der Waals surface area contributed by atoms with Crippen LogP contribution in [0.1, 0.15) is 29.7 Å². The van der Waals surface area contributed by atoms with Gasteiger partial charge in [-0.2, -0.15) is 13.2 Å². The summed E-state index contributed by atoms with van der Waals surface area (Å²) in [5.41, 5.74) is 2.06. The molecule has 0 spiro atoms. The quantitative estimate of drug-likeness (QED) is 0.335. The van der Waals surface area contributed by atoms with Crippen molar-refractivity contribution >= 4 is 34.9 Å². The summed E-state index contributed by atoms with van der Waals surface area (Å²) in [6.45, 7) is 10.1. The average Bonchev–Trinajstić information content (AvgIpc) is 3.24. The fourth-order valence-corrected chi connectivity index (χ4v) is 6.36. The van der Waals surface area contributed by atoms with E-state index in [1.807, 2.05) is 38.1 Å². The molecule has 0 bridgehead atoms. The van der Waals surface area contributed by atoms with Crippen molar-refractivity contribution in [2.45, 2.75) is 45.0 Å². The molecule has 0 unspecified atom stereocenters. The predicted octanol–water partition coefficient (Wildman–Crippen LogP) is 3.63. The highest BCUT2D eigenvalue weighted by molar-refractivity contribution is 6.09. The fourth-order valence-electron chi connectivity index (χ4n) is 6.36. The summed E-state index contributed by atoms with van der Waals surface area (Å²) >= 11 is 0. The van der Waals surface area contributed by atoms with Gasteiger partial charge in [-0.1, -0.05) is 18.7 Å². The van der Waals surface area contributed by atoms with Gasteiger partial charge in [-0.3, -0.25) is 19.3 Å². The minimum atomic E-state index is -4.63. The Hall–Kier alpha value is -3.97. The first-order valence-corrected chi connectivity index (χ1v) is 15.0. The van der Waals surface area contributed by atoms with Crippen molar-refractivity contribution in [1.29, 1.82) is 0 Å². The highest BCUT2D eigenvalue weighted by Gasteiger charge is 2.48. The number of anilines is 3. The number of nitrogens with zero attached hydrogens (tertiary/aromatic N) is 5. The van der Waals surface area contributed by atoms with Gasteiger partial charge in [0.05, 0.1) is 23.0 Å². The minimum Gasteiger partial charge on any atom is -0.374 e. The Morgan fingerprint density at radius 1 is 1.16 bits per heavy atom. The molecule has 3 amide bonds. The lowest BCUT2D eigenvalue weighted by Gasteiger charge is -2.40. The first kappa shape index (κ1) is 32.4. The van der Waals surface area contributed by atoms with E-state index in [9.17, 15) is 27.6 Å². The number of aryl methyl sites for hydroxylation is 2. The van der Waals surface area contributed by atoms with Gasteiger partial charge in [0.25, 0.3) is 5.91 Å². The van der Waals surface area contributed by atoms with Gasteiger partial charge in [0.1, 0.15) is 11.9 Å². The molecule has 1 aromatic carbocycles. The number of ether oxygens (including phenoxy) is 1. The zero-order valence-corrected chi connectivity index (χ0v) is 26.0. The number of likely N-dealkylation sites (tertiary alicyclic amines) is 1. The maximum Gasteiger partial charge on any atom is 0.416 e. The molecule has 0 saturated carbocycles. The lowest BCUT2D eigenvalue weighted by Crippen LogP contribution is -2.55. The molecule has 2 atom stereocenters. The molecule has 3 aliphatic heterocycles. The van der Waals surface area contributed by atoms with Crippen molar-refractivity contribution < 1.29 is 32.3 Å². The van der Waals surface area contributed by atoms with E-state index in [-0.39, 0.29) is 29.9 Å². The molecule has 1 aromatic heterocycles. The van der Waals surface area contributed by atoms with Crippen molar-refractivity contribution in [2.24, 2.45) is 5.92 Å². The van der Waals surface area contributed by atoms with Crippen LogP contribution >= 0.6 is 0 Å². The van der Waals surface area contributed by atoms with Crippen LogP contribution in [0.5, 0.6) is 0 Å². The lowest BCUT2D eigenvalue weighted by molar-refractivity contribution is -0.141. The SMILES string of the molecule is C=C(CN(C)C)C(=O)N1CC(OCCCN2C[C@H]3CC(=O)N(c4cc(C(F)(F)F)cc(C)n4)[C@@H]3C(=O)Nc3cccc(C)c32)C1. The highest BCUT2D eigenvalue weighted by Crippen LogP contribution is 2.40. The van der Waals surface area contributed by atoms with Gasteiger partial charge in [0.15, 0.2) is 0 Å². The van der Waals surface area contributed by atoms with E-state index in [1.54, 1.807) is 11.0 Å². The van der Waals surface area contributed by atoms with Gasteiger partial charge in [-0.15, -0.1) is 0 Å². The number of pyridine rings is 1. The molecule has 242 valence electrons. The van der Waals surface area contributed by atoms with Crippen LogP contribution in [0.2, 0.25) is 0 Å². The fraction of sp³-hybridized carbons (Fsp3) is 0.500. The number of hydrogen-bond acceptors (Lipinski definition) is 7. The molecule has 10 nitrogen and oxygen atoms in total. The summed E-state index contributed by atoms with van der Waals surface area (Å²) in [4.78, 5) is 50.6. The number of likely N-dealkylation sites (N-methyl/N-ethyl adjacent to an activating group) is 1. The maximum atomic E-state index is 13.6. The van der Waals surface area contributed by atoms with E-state index in [4.69, 9.17) is 4.74 Å². The van der Waals surface area contributed by atoms with Gasteiger partial charge >= 0.3 is 6.18 Å². The summed E-state index contributed by atoms with van der Waals surface area (Å²) in [5, 5.41) is 2.94. The van der Waals surface area contributed by atoms with Crippen LogP contribution in [0.15, 0.2) is 42.5 Å². The van der Waals surface area contributed by atoms with Crippen molar-refractivity contribution in [3.8, 4) is 0 Å². The number of amides is 3. The van der Waals surface area contributed by atoms with Crippen LogP contribution in [-0.4, -0.2) is 98.1 Å². The van der Waals surface area contributed by atoms with Crippen molar-refractivity contribution in [3.63, 3.8) is 0 Å². The van der Waals surface area contributed by atoms with Crippen molar-refractivity contribution in [3.05, 3.63) is 59.3 Å².